The zero-order chi connectivity index (χ0) is 13.6. The molecule has 0 heterocycles. The Balaban J connectivity index is 2.26. The van der Waals surface area contributed by atoms with Gasteiger partial charge in [-0.15, -0.1) is 0 Å². The number of nitrogens with one attached hydrogen (secondary N) is 1. The van der Waals surface area contributed by atoms with Crippen molar-refractivity contribution in [1.82, 2.24) is 5.32 Å². The van der Waals surface area contributed by atoms with E-state index in [1.165, 1.54) is 18.2 Å². The van der Waals surface area contributed by atoms with Gasteiger partial charge in [0.2, 0.25) is 0 Å². The molecule has 1 rings (SSSR count). The number of aliphatic hydroxyl groups excluding tert-OH is 1. The Hall–Kier alpha value is -0.790. The lowest BCUT2D eigenvalue weighted by molar-refractivity contribution is -0.0327. The Morgan fingerprint density at radius 1 is 1.28 bits per heavy atom. The summed E-state index contributed by atoms with van der Waals surface area (Å²) in [6.45, 7) is 0.106. The largest absolute Gasteiger partial charge is 0.441 e. The minimum absolute atomic E-state index is 0.0132. The van der Waals surface area contributed by atoms with Gasteiger partial charge in [0.15, 0.2) is 0 Å². The van der Waals surface area contributed by atoms with Crippen LogP contribution in [0.5, 0.6) is 0 Å². The lowest BCUT2D eigenvalue weighted by Crippen LogP contribution is -2.25. The molecule has 1 atom stereocenters. The summed E-state index contributed by atoms with van der Waals surface area (Å²) in [5.74, 6) is -0.676. The molecule has 1 unspecified atom stereocenters. The molecule has 0 aliphatic heterocycles. The van der Waals surface area contributed by atoms with Gasteiger partial charge in [0, 0.05) is 24.4 Å². The van der Waals surface area contributed by atoms with Crippen LogP contribution in [-0.4, -0.2) is 29.5 Å². The second kappa shape index (κ2) is 6.96. The van der Waals surface area contributed by atoms with Gasteiger partial charge in [-0.1, -0.05) is 18.2 Å². The van der Waals surface area contributed by atoms with Crippen LogP contribution in [0.4, 0.5) is 17.6 Å². The van der Waals surface area contributed by atoms with Gasteiger partial charge in [-0.3, -0.25) is 0 Å². The normalized spacial score (nSPS) is 13.6. The predicted octanol–water partition coefficient (Wildman–Crippen LogP) is 2.70. The molecule has 1 aromatic carbocycles. The number of alkyl halides is 3. The van der Waals surface area contributed by atoms with E-state index in [9.17, 15) is 22.7 Å². The monoisotopic (exact) mass is 283 g/mol. The summed E-state index contributed by atoms with van der Waals surface area (Å²) in [6.07, 6.45) is -1.07. The molecular formula is C11H13F4NOS. The lowest BCUT2D eigenvalue weighted by Gasteiger charge is -2.13. The molecule has 0 bridgehead atoms. The Labute approximate surface area is 106 Å². The third kappa shape index (κ3) is 5.70. The molecule has 0 aliphatic carbocycles. The summed E-state index contributed by atoms with van der Waals surface area (Å²) < 4.78 is 48.6. The van der Waals surface area contributed by atoms with Crippen molar-refractivity contribution in [3.63, 3.8) is 0 Å². The van der Waals surface area contributed by atoms with Crippen molar-refractivity contribution in [2.45, 2.75) is 11.6 Å². The first-order chi connectivity index (χ1) is 8.40. The highest BCUT2D eigenvalue weighted by Gasteiger charge is 2.27. The van der Waals surface area contributed by atoms with E-state index >= 15 is 0 Å². The van der Waals surface area contributed by atoms with Crippen molar-refractivity contribution in [3.05, 3.63) is 35.6 Å². The molecule has 0 radical (unpaired) electrons. The molecule has 2 N–H and O–H groups in total. The highest BCUT2D eigenvalue weighted by molar-refractivity contribution is 8.00. The average molecular weight is 283 g/mol. The highest BCUT2D eigenvalue weighted by Crippen LogP contribution is 2.29. The third-order valence-electron chi connectivity index (χ3n) is 2.15. The van der Waals surface area contributed by atoms with Crippen LogP contribution in [0.1, 0.15) is 11.7 Å². The van der Waals surface area contributed by atoms with Crippen LogP contribution in [0.15, 0.2) is 24.3 Å². The van der Waals surface area contributed by atoms with Gasteiger partial charge >= 0.3 is 5.51 Å². The van der Waals surface area contributed by atoms with E-state index in [0.717, 1.165) is 0 Å². The van der Waals surface area contributed by atoms with Gasteiger partial charge < -0.3 is 10.4 Å². The van der Waals surface area contributed by atoms with E-state index < -0.39 is 17.4 Å². The molecule has 1 aromatic rings. The summed E-state index contributed by atoms with van der Waals surface area (Å²) in [5, 5.41) is 12.3. The van der Waals surface area contributed by atoms with E-state index in [2.05, 4.69) is 5.32 Å². The van der Waals surface area contributed by atoms with Crippen molar-refractivity contribution >= 4 is 11.8 Å². The molecule has 2 nitrogen and oxygen atoms in total. The van der Waals surface area contributed by atoms with Gasteiger partial charge in [-0.05, 0) is 17.8 Å². The summed E-state index contributed by atoms with van der Waals surface area (Å²) in [6, 6.07) is 5.74. The molecule has 7 heteroatoms. The van der Waals surface area contributed by atoms with Crippen LogP contribution in [0.2, 0.25) is 0 Å². The van der Waals surface area contributed by atoms with Crippen molar-refractivity contribution in [2.24, 2.45) is 0 Å². The lowest BCUT2D eigenvalue weighted by atomic mass is 10.1. The summed E-state index contributed by atoms with van der Waals surface area (Å²) in [7, 11) is 0. The first-order valence-corrected chi connectivity index (χ1v) is 6.22. The molecule has 0 saturated heterocycles. The van der Waals surface area contributed by atoms with E-state index in [1.807, 2.05) is 0 Å². The standard InChI is InChI=1S/C11H13F4NOS/c12-9-4-2-1-3-8(9)10(17)7-16-5-6-18-11(13,14)15/h1-4,10,16-17H,5-7H2. The first kappa shape index (κ1) is 15.3. The molecular weight excluding hydrogens is 270 g/mol. The number of halogens is 4. The Kier molecular flexibility index (Phi) is 5.90. The Morgan fingerprint density at radius 2 is 1.94 bits per heavy atom. The van der Waals surface area contributed by atoms with Gasteiger partial charge in [0.1, 0.15) is 5.82 Å². The minimum atomic E-state index is -4.24. The van der Waals surface area contributed by atoms with Crippen LogP contribution >= 0.6 is 11.8 Å². The van der Waals surface area contributed by atoms with E-state index in [4.69, 9.17) is 0 Å². The van der Waals surface area contributed by atoms with E-state index in [1.54, 1.807) is 6.07 Å². The molecule has 0 saturated carbocycles. The maximum absolute atomic E-state index is 13.2. The second-order valence-electron chi connectivity index (χ2n) is 3.54. The quantitative estimate of drug-likeness (QED) is 0.622. The molecule has 0 spiro atoms. The van der Waals surface area contributed by atoms with Crippen LogP contribution in [0.3, 0.4) is 0 Å². The molecule has 0 aliphatic rings. The molecule has 0 aromatic heterocycles. The first-order valence-electron chi connectivity index (χ1n) is 5.24. The van der Waals surface area contributed by atoms with Gasteiger partial charge in [-0.25, -0.2) is 4.39 Å². The molecule has 102 valence electrons. The molecule has 0 fully saturated rings. The topological polar surface area (TPSA) is 32.3 Å². The third-order valence-corrected chi connectivity index (χ3v) is 2.88. The Bertz CT molecular complexity index is 372. The van der Waals surface area contributed by atoms with Crippen molar-refractivity contribution < 1.29 is 22.7 Å². The number of rotatable bonds is 6. The smallest absolute Gasteiger partial charge is 0.387 e. The number of benzene rings is 1. The van der Waals surface area contributed by atoms with Crippen LogP contribution in [-0.2, 0) is 0 Å². The molecule has 0 amide bonds. The number of hydrogen-bond acceptors (Lipinski definition) is 3. The fourth-order valence-corrected chi connectivity index (χ4v) is 1.81. The summed E-state index contributed by atoms with van der Waals surface area (Å²) in [5.41, 5.74) is -4.11. The van der Waals surface area contributed by atoms with E-state index in [-0.39, 0.29) is 36.2 Å². The summed E-state index contributed by atoms with van der Waals surface area (Å²) in [4.78, 5) is 0. The summed E-state index contributed by atoms with van der Waals surface area (Å²) >= 11 is -0.134. The number of hydrogen-bond donors (Lipinski definition) is 2. The van der Waals surface area contributed by atoms with Gasteiger partial charge in [0.05, 0.1) is 6.10 Å². The van der Waals surface area contributed by atoms with E-state index in [0.29, 0.717) is 0 Å². The van der Waals surface area contributed by atoms with Crippen molar-refractivity contribution in [3.8, 4) is 0 Å². The molecule has 18 heavy (non-hydrogen) atoms. The maximum atomic E-state index is 13.2. The van der Waals surface area contributed by atoms with Crippen LogP contribution < -0.4 is 5.32 Å². The number of thioether (sulfide) groups is 1. The average Bonchev–Trinajstić information content (AvgIpc) is 2.27. The van der Waals surface area contributed by atoms with Crippen molar-refractivity contribution in [1.29, 1.82) is 0 Å². The highest BCUT2D eigenvalue weighted by atomic mass is 32.2. The second-order valence-corrected chi connectivity index (χ2v) is 4.70. The zero-order valence-electron chi connectivity index (χ0n) is 9.38. The predicted molar refractivity (Wildman–Crippen MR) is 62.7 cm³/mol. The fraction of sp³-hybridized carbons (Fsp3) is 0.455. The zero-order valence-corrected chi connectivity index (χ0v) is 10.2. The fourth-order valence-electron chi connectivity index (χ4n) is 1.33. The van der Waals surface area contributed by atoms with Crippen LogP contribution in [0, 0.1) is 5.82 Å². The maximum Gasteiger partial charge on any atom is 0.441 e. The number of aliphatic hydroxyl groups is 1. The van der Waals surface area contributed by atoms with Gasteiger partial charge in [0.25, 0.3) is 0 Å². The van der Waals surface area contributed by atoms with Crippen molar-refractivity contribution in [2.75, 3.05) is 18.8 Å². The Morgan fingerprint density at radius 3 is 2.56 bits per heavy atom. The van der Waals surface area contributed by atoms with Crippen LogP contribution in [0.25, 0.3) is 0 Å². The van der Waals surface area contributed by atoms with Gasteiger partial charge in [-0.2, -0.15) is 13.2 Å². The SMILES string of the molecule is OC(CNCCSC(F)(F)F)c1ccccc1F. The minimum Gasteiger partial charge on any atom is -0.387 e.